The van der Waals surface area contributed by atoms with Crippen LogP contribution in [0.4, 0.5) is 5.69 Å². The Labute approximate surface area is 179 Å². The summed E-state index contributed by atoms with van der Waals surface area (Å²) in [5.74, 6) is -0.562. The molecule has 2 fully saturated rings. The van der Waals surface area contributed by atoms with E-state index in [0.717, 1.165) is 18.9 Å². The molecule has 2 aliphatic heterocycles. The van der Waals surface area contributed by atoms with E-state index in [-0.39, 0.29) is 40.3 Å². The van der Waals surface area contributed by atoms with Crippen LogP contribution in [0.15, 0.2) is 18.2 Å². The van der Waals surface area contributed by atoms with Gasteiger partial charge in [-0.15, -0.1) is 0 Å². The first-order chi connectivity index (χ1) is 14.3. The van der Waals surface area contributed by atoms with E-state index in [1.54, 1.807) is 4.90 Å². The molecule has 2 heterocycles. The summed E-state index contributed by atoms with van der Waals surface area (Å²) in [5.41, 5.74) is -0.110. The molecule has 0 bridgehead atoms. The van der Waals surface area contributed by atoms with Crippen molar-refractivity contribution in [3.63, 3.8) is 0 Å². The van der Waals surface area contributed by atoms with E-state index < -0.39 is 16.9 Å². The SMILES string of the molecule is CC(C)C(NC(=O)c1ccc([N+](=O)[O-])cc1Cl)C(=O)N1CCC(C2OCCO2)CC1. The molecule has 1 aromatic carbocycles. The minimum atomic E-state index is -0.723. The van der Waals surface area contributed by atoms with Gasteiger partial charge in [0.25, 0.3) is 11.6 Å². The Hall–Kier alpha value is -2.23. The Morgan fingerprint density at radius 2 is 1.87 bits per heavy atom. The van der Waals surface area contributed by atoms with E-state index in [1.807, 2.05) is 13.8 Å². The first kappa shape index (κ1) is 22.5. The lowest BCUT2D eigenvalue weighted by molar-refractivity contribution is -0.384. The predicted molar refractivity (Wildman–Crippen MR) is 109 cm³/mol. The number of non-ortho nitro benzene ring substituents is 1. The Morgan fingerprint density at radius 1 is 1.23 bits per heavy atom. The van der Waals surface area contributed by atoms with Crippen LogP contribution in [0.1, 0.15) is 37.0 Å². The molecule has 10 heteroatoms. The van der Waals surface area contributed by atoms with Crippen LogP contribution >= 0.6 is 11.6 Å². The van der Waals surface area contributed by atoms with Crippen molar-refractivity contribution < 1.29 is 24.0 Å². The van der Waals surface area contributed by atoms with E-state index in [0.29, 0.717) is 26.3 Å². The molecule has 1 N–H and O–H groups in total. The number of carbonyl (C=O) groups is 2. The quantitative estimate of drug-likeness (QED) is 0.538. The summed E-state index contributed by atoms with van der Waals surface area (Å²) >= 11 is 6.05. The summed E-state index contributed by atoms with van der Waals surface area (Å²) < 4.78 is 11.1. The van der Waals surface area contributed by atoms with Gasteiger partial charge in [-0.25, -0.2) is 0 Å². The van der Waals surface area contributed by atoms with Crippen LogP contribution in [0.25, 0.3) is 0 Å². The molecule has 1 aromatic rings. The van der Waals surface area contributed by atoms with Crippen molar-refractivity contribution in [3.05, 3.63) is 38.9 Å². The summed E-state index contributed by atoms with van der Waals surface area (Å²) in [5, 5.41) is 13.6. The van der Waals surface area contributed by atoms with Crippen LogP contribution in [0.2, 0.25) is 5.02 Å². The van der Waals surface area contributed by atoms with E-state index >= 15 is 0 Å². The lowest BCUT2D eigenvalue weighted by Crippen LogP contribution is -2.53. The lowest BCUT2D eigenvalue weighted by atomic mass is 9.94. The summed E-state index contributed by atoms with van der Waals surface area (Å²) in [6.45, 7) is 6.07. The van der Waals surface area contributed by atoms with Gasteiger partial charge in [0.2, 0.25) is 5.91 Å². The van der Waals surface area contributed by atoms with Gasteiger partial charge in [0, 0.05) is 31.1 Å². The number of likely N-dealkylation sites (tertiary alicyclic amines) is 1. The van der Waals surface area contributed by atoms with Crippen molar-refractivity contribution in [1.29, 1.82) is 0 Å². The van der Waals surface area contributed by atoms with Crippen LogP contribution < -0.4 is 5.32 Å². The molecular formula is C20H26ClN3O6. The second-order valence-electron chi connectivity index (χ2n) is 7.89. The van der Waals surface area contributed by atoms with Crippen LogP contribution in [-0.2, 0) is 14.3 Å². The summed E-state index contributed by atoms with van der Waals surface area (Å²) in [6, 6.07) is 2.91. The highest BCUT2D eigenvalue weighted by molar-refractivity contribution is 6.34. The molecule has 1 unspecified atom stereocenters. The van der Waals surface area contributed by atoms with Crippen molar-refractivity contribution in [2.24, 2.45) is 11.8 Å². The Bertz CT molecular complexity index is 804. The lowest BCUT2D eigenvalue weighted by Gasteiger charge is -2.36. The van der Waals surface area contributed by atoms with Crippen molar-refractivity contribution in [2.75, 3.05) is 26.3 Å². The Kier molecular flexibility index (Phi) is 7.27. The van der Waals surface area contributed by atoms with Gasteiger partial charge in [-0.2, -0.15) is 0 Å². The molecule has 0 aliphatic carbocycles. The highest BCUT2D eigenvalue weighted by atomic mass is 35.5. The molecule has 3 rings (SSSR count). The molecule has 0 aromatic heterocycles. The largest absolute Gasteiger partial charge is 0.350 e. The van der Waals surface area contributed by atoms with Crippen LogP contribution in [0, 0.1) is 22.0 Å². The summed E-state index contributed by atoms with van der Waals surface area (Å²) in [4.78, 5) is 37.8. The minimum absolute atomic E-state index is 0.0333. The molecule has 2 aliphatic rings. The number of rotatable bonds is 6. The fraction of sp³-hybridized carbons (Fsp3) is 0.600. The number of hydrogen-bond acceptors (Lipinski definition) is 6. The van der Waals surface area contributed by atoms with E-state index in [9.17, 15) is 19.7 Å². The fourth-order valence-electron chi connectivity index (χ4n) is 3.77. The zero-order valence-corrected chi connectivity index (χ0v) is 17.8. The first-order valence-electron chi connectivity index (χ1n) is 10.0. The number of nitro groups is 1. The smallest absolute Gasteiger partial charge is 0.270 e. The van der Waals surface area contributed by atoms with Crippen LogP contribution in [-0.4, -0.2) is 60.3 Å². The second kappa shape index (κ2) is 9.72. The maximum atomic E-state index is 13.1. The maximum absolute atomic E-state index is 13.1. The van der Waals surface area contributed by atoms with Crippen LogP contribution in [0.3, 0.4) is 0 Å². The number of nitrogens with zero attached hydrogens (tertiary/aromatic N) is 2. The number of nitro benzene ring substituents is 1. The molecule has 9 nitrogen and oxygen atoms in total. The first-order valence-corrected chi connectivity index (χ1v) is 10.4. The number of carbonyl (C=O) groups excluding carboxylic acids is 2. The highest BCUT2D eigenvalue weighted by Gasteiger charge is 2.35. The number of ether oxygens (including phenoxy) is 2. The molecule has 0 saturated carbocycles. The zero-order valence-electron chi connectivity index (χ0n) is 17.0. The van der Waals surface area contributed by atoms with Crippen molar-refractivity contribution in [1.82, 2.24) is 10.2 Å². The third-order valence-electron chi connectivity index (χ3n) is 5.51. The van der Waals surface area contributed by atoms with Crippen molar-refractivity contribution in [3.8, 4) is 0 Å². The normalized spacial score (nSPS) is 19.1. The topological polar surface area (TPSA) is 111 Å². The molecule has 0 radical (unpaired) electrons. The van der Waals surface area contributed by atoms with Crippen molar-refractivity contribution in [2.45, 2.75) is 39.0 Å². The minimum Gasteiger partial charge on any atom is -0.350 e. The van der Waals surface area contributed by atoms with Gasteiger partial charge in [0.1, 0.15) is 6.04 Å². The molecular weight excluding hydrogens is 414 g/mol. The van der Waals surface area contributed by atoms with Gasteiger partial charge in [-0.1, -0.05) is 25.4 Å². The average Bonchev–Trinajstić information content (AvgIpc) is 3.26. The molecule has 2 amide bonds. The molecule has 0 spiro atoms. The summed E-state index contributed by atoms with van der Waals surface area (Å²) in [6.07, 6.45) is 1.37. The second-order valence-corrected chi connectivity index (χ2v) is 8.30. The van der Waals surface area contributed by atoms with Gasteiger partial charge in [-0.3, -0.25) is 19.7 Å². The summed E-state index contributed by atoms with van der Waals surface area (Å²) in [7, 11) is 0. The monoisotopic (exact) mass is 439 g/mol. The fourth-order valence-corrected chi connectivity index (χ4v) is 4.03. The number of hydrogen-bond donors (Lipinski definition) is 1. The average molecular weight is 440 g/mol. The van der Waals surface area contributed by atoms with Gasteiger partial charge in [-0.05, 0) is 24.8 Å². The van der Waals surface area contributed by atoms with E-state index in [4.69, 9.17) is 21.1 Å². The van der Waals surface area contributed by atoms with E-state index in [2.05, 4.69) is 5.32 Å². The van der Waals surface area contributed by atoms with Crippen LogP contribution in [0.5, 0.6) is 0 Å². The van der Waals surface area contributed by atoms with Gasteiger partial charge < -0.3 is 19.7 Å². The molecule has 164 valence electrons. The van der Waals surface area contributed by atoms with Crippen molar-refractivity contribution >= 4 is 29.1 Å². The number of amides is 2. The molecule has 30 heavy (non-hydrogen) atoms. The Balaban J connectivity index is 1.63. The number of halogens is 1. The standard InChI is InChI=1S/C20H26ClN3O6/c1-12(2)17(22-18(25)15-4-3-14(24(27)28)11-16(15)21)19(26)23-7-5-13(6-8-23)20-29-9-10-30-20/h3-4,11-13,17,20H,5-10H2,1-2H3,(H,22,25). The molecule has 2 saturated heterocycles. The third kappa shape index (κ3) is 5.08. The van der Waals surface area contributed by atoms with Gasteiger partial charge in [0.15, 0.2) is 6.29 Å². The Morgan fingerprint density at radius 3 is 2.40 bits per heavy atom. The highest BCUT2D eigenvalue weighted by Crippen LogP contribution is 2.27. The number of nitrogens with one attached hydrogen (secondary N) is 1. The van der Waals surface area contributed by atoms with E-state index in [1.165, 1.54) is 12.1 Å². The maximum Gasteiger partial charge on any atom is 0.270 e. The van der Waals surface area contributed by atoms with Gasteiger partial charge in [0.05, 0.1) is 28.7 Å². The number of piperidine rings is 1. The number of benzene rings is 1. The van der Waals surface area contributed by atoms with Gasteiger partial charge >= 0.3 is 0 Å². The zero-order chi connectivity index (χ0) is 21.8. The third-order valence-corrected chi connectivity index (χ3v) is 5.82. The predicted octanol–water partition coefficient (Wildman–Crippen LogP) is 2.61. The molecule has 1 atom stereocenters.